The monoisotopic (exact) mass is 307 g/mol. The van der Waals surface area contributed by atoms with Crippen molar-refractivity contribution in [2.45, 2.75) is 20.0 Å². The van der Waals surface area contributed by atoms with Crippen LogP contribution in [0, 0.1) is 24.1 Å². The number of hydrogen-bond donors (Lipinski definition) is 0. The van der Waals surface area contributed by atoms with Crippen LogP contribution in [0.1, 0.15) is 23.0 Å². The molecule has 2 rings (SSSR count). The van der Waals surface area contributed by atoms with E-state index in [1.807, 2.05) is 0 Å². The van der Waals surface area contributed by atoms with E-state index in [2.05, 4.69) is 5.10 Å². The highest BCUT2D eigenvalue weighted by Crippen LogP contribution is 2.24. The summed E-state index contributed by atoms with van der Waals surface area (Å²) < 4.78 is 19.2. The average molecular weight is 308 g/mol. The fraction of sp³-hybridized carbons (Fsp3) is 0.214. The summed E-state index contributed by atoms with van der Waals surface area (Å²) in [5.74, 6) is -1.11. The molecule has 1 aromatic carbocycles. The van der Waals surface area contributed by atoms with E-state index in [9.17, 15) is 9.18 Å². The minimum atomic E-state index is -0.887. The molecule has 1 aromatic heterocycles. The van der Waals surface area contributed by atoms with E-state index in [0.29, 0.717) is 11.4 Å². The normalized spacial score (nSPS) is 11.8. The molecule has 0 amide bonds. The van der Waals surface area contributed by atoms with Crippen molar-refractivity contribution in [3.63, 3.8) is 0 Å². The quantitative estimate of drug-likeness (QED) is 0.817. The standard InChI is InChI=1S/C14H11ClFN3O2/c1-8(7-17)21-14(20)12-9(2)18-19(13(12)15)11-5-3-10(16)4-6-11/h3-6,8H,1-2H3. The zero-order valence-corrected chi connectivity index (χ0v) is 12.1. The van der Waals surface area contributed by atoms with Gasteiger partial charge in [-0.25, -0.2) is 13.9 Å². The molecule has 0 aliphatic carbocycles. The lowest BCUT2D eigenvalue weighted by atomic mass is 10.2. The van der Waals surface area contributed by atoms with E-state index < -0.39 is 12.1 Å². The van der Waals surface area contributed by atoms with Gasteiger partial charge < -0.3 is 4.74 Å². The molecule has 7 heteroatoms. The molecule has 0 spiro atoms. The molecular weight excluding hydrogens is 297 g/mol. The van der Waals surface area contributed by atoms with Crippen LogP contribution in [0.25, 0.3) is 5.69 Å². The molecule has 0 saturated carbocycles. The summed E-state index contributed by atoms with van der Waals surface area (Å²) in [5.41, 5.74) is 0.958. The molecule has 0 saturated heterocycles. The Labute approximate surface area is 125 Å². The first-order chi connectivity index (χ1) is 9.93. The Balaban J connectivity index is 2.40. The van der Waals surface area contributed by atoms with Gasteiger partial charge >= 0.3 is 5.97 Å². The Morgan fingerprint density at radius 3 is 2.67 bits per heavy atom. The van der Waals surface area contributed by atoms with Crippen molar-refractivity contribution in [2.75, 3.05) is 0 Å². The van der Waals surface area contributed by atoms with Crippen LogP contribution >= 0.6 is 11.6 Å². The third kappa shape index (κ3) is 3.03. The maximum atomic E-state index is 12.9. The van der Waals surface area contributed by atoms with E-state index in [1.54, 1.807) is 13.0 Å². The predicted molar refractivity (Wildman–Crippen MR) is 73.8 cm³/mol. The second-order valence-corrected chi connectivity index (χ2v) is 4.67. The van der Waals surface area contributed by atoms with Crippen molar-refractivity contribution >= 4 is 17.6 Å². The SMILES string of the molecule is Cc1nn(-c2ccc(F)cc2)c(Cl)c1C(=O)OC(C)C#N. The number of benzene rings is 1. The van der Waals surface area contributed by atoms with Gasteiger partial charge in [0.25, 0.3) is 0 Å². The number of esters is 1. The van der Waals surface area contributed by atoms with Crippen molar-refractivity contribution in [1.29, 1.82) is 5.26 Å². The zero-order chi connectivity index (χ0) is 15.6. The molecule has 2 aromatic rings. The molecule has 0 radical (unpaired) electrons. The molecule has 108 valence electrons. The second kappa shape index (κ2) is 5.94. The number of ether oxygens (including phenoxy) is 1. The highest BCUT2D eigenvalue weighted by atomic mass is 35.5. The van der Waals surface area contributed by atoms with Crippen LogP contribution < -0.4 is 0 Å². The highest BCUT2D eigenvalue weighted by molar-refractivity contribution is 6.33. The Hall–Kier alpha value is -2.39. The Kier molecular flexibility index (Phi) is 4.24. The number of nitrogens with zero attached hydrogens (tertiary/aromatic N) is 3. The summed E-state index contributed by atoms with van der Waals surface area (Å²) in [4.78, 5) is 12.0. The van der Waals surface area contributed by atoms with Gasteiger partial charge in [-0.2, -0.15) is 10.4 Å². The van der Waals surface area contributed by atoms with Crippen molar-refractivity contribution in [3.8, 4) is 11.8 Å². The van der Waals surface area contributed by atoms with E-state index in [4.69, 9.17) is 21.6 Å². The summed E-state index contributed by atoms with van der Waals surface area (Å²) in [6.45, 7) is 3.05. The number of carbonyl (C=O) groups is 1. The van der Waals surface area contributed by atoms with Crippen LogP contribution in [0.4, 0.5) is 4.39 Å². The molecule has 0 bridgehead atoms. The van der Waals surface area contributed by atoms with E-state index in [0.717, 1.165) is 0 Å². The van der Waals surface area contributed by atoms with Crippen LogP contribution in [-0.2, 0) is 4.74 Å². The van der Waals surface area contributed by atoms with Crippen molar-refractivity contribution in [2.24, 2.45) is 0 Å². The van der Waals surface area contributed by atoms with Crippen molar-refractivity contribution in [1.82, 2.24) is 9.78 Å². The van der Waals surface area contributed by atoms with Crippen LogP contribution in [0.2, 0.25) is 5.15 Å². The fourth-order valence-corrected chi connectivity index (χ4v) is 2.08. The van der Waals surface area contributed by atoms with Gasteiger partial charge in [-0.1, -0.05) is 11.6 Å². The van der Waals surface area contributed by atoms with Gasteiger partial charge in [0, 0.05) is 0 Å². The van der Waals surface area contributed by atoms with Gasteiger partial charge in [0.05, 0.1) is 11.4 Å². The Bertz CT molecular complexity index is 719. The summed E-state index contributed by atoms with van der Waals surface area (Å²) in [7, 11) is 0. The summed E-state index contributed by atoms with van der Waals surface area (Å²) in [6.07, 6.45) is -0.887. The van der Waals surface area contributed by atoms with Gasteiger partial charge in [0.1, 0.15) is 22.6 Å². The number of hydrogen-bond acceptors (Lipinski definition) is 4. The van der Waals surface area contributed by atoms with Crippen molar-refractivity contribution in [3.05, 3.63) is 46.5 Å². The number of nitriles is 1. The van der Waals surface area contributed by atoms with Gasteiger partial charge in [0.2, 0.25) is 0 Å². The number of rotatable bonds is 3. The highest BCUT2D eigenvalue weighted by Gasteiger charge is 2.23. The number of aromatic nitrogens is 2. The lowest BCUT2D eigenvalue weighted by molar-refractivity contribution is 0.0435. The molecule has 21 heavy (non-hydrogen) atoms. The van der Waals surface area contributed by atoms with Crippen LogP contribution in [0.3, 0.4) is 0 Å². The van der Waals surface area contributed by atoms with E-state index in [1.165, 1.54) is 35.9 Å². The lowest BCUT2D eigenvalue weighted by Gasteiger charge is -2.06. The smallest absolute Gasteiger partial charge is 0.344 e. The van der Waals surface area contributed by atoms with Crippen LogP contribution in [0.5, 0.6) is 0 Å². The topological polar surface area (TPSA) is 67.9 Å². The molecule has 1 atom stereocenters. The fourth-order valence-electron chi connectivity index (χ4n) is 1.73. The molecule has 0 aliphatic rings. The van der Waals surface area contributed by atoms with Gasteiger partial charge in [0.15, 0.2) is 6.10 Å². The van der Waals surface area contributed by atoms with E-state index in [-0.39, 0.29) is 16.5 Å². The first-order valence-corrected chi connectivity index (χ1v) is 6.43. The maximum Gasteiger partial charge on any atom is 0.344 e. The second-order valence-electron chi connectivity index (χ2n) is 4.32. The maximum absolute atomic E-state index is 12.9. The van der Waals surface area contributed by atoms with Crippen molar-refractivity contribution < 1.29 is 13.9 Å². The first-order valence-electron chi connectivity index (χ1n) is 6.05. The summed E-state index contributed by atoms with van der Waals surface area (Å²) in [5, 5.41) is 12.9. The number of halogens is 2. The molecule has 5 nitrogen and oxygen atoms in total. The van der Waals surface area contributed by atoms with Gasteiger partial charge in [-0.3, -0.25) is 0 Å². The molecule has 1 unspecified atom stereocenters. The van der Waals surface area contributed by atoms with Gasteiger partial charge in [-0.05, 0) is 38.1 Å². The Morgan fingerprint density at radius 1 is 1.48 bits per heavy atom. The third-order valence-electron chi connectivity index (χ3n) is 2.74. The number of carbonyl (C=O) groups excluding carboxylic acids is 1. The lowest BCUT2D eigenvalue weighted by Crippen LogP contribution is -2.14. The first kappa shape index (κ1) is 15.0. The molecular formula is C14H11ClFN3O2. The minimum absolute atomic E-state index is 0.0502. The third-order valence-corrected chi connectivity index (χ3v) is 3.09. The largest absolute Gasteiger partial charge is 0.444 e. The number of aryl methyl sites for hydroxylation is 1. The Morgan fingerprint density at radius 2 is 2.10 bits per heavy atom. The average Bonchev–Trinajstić information content (AvgIpc) is 2.74. The summed E-state index contributed by atoms with van der Waals surface area (Å²) in [6, 6.07) is 7.29. The molecule has 0 N–H and O–H groups in total. The van der Waals surface area contributed by atoms with Crippen LogP contribution in [-0.4, -0.2) is 21.9 Å². The van der Waals surface area contributed by atoms with Gasteiger partial charge in [-0.15, -0.1) is 0 Å². The zero-order valence-electron chi connectivity index (χ0n) is 11.3. The van der Waals surface area contributed by atoms with E-state index >= 15 is 0 Å². The minimum Gasteiger partial charge on any atom is -0.444 e. The molecule has 0 fully saturated rings. The molecule has 0 aliphatic heterocycles. The molecule has 1 heterocycles. The summed E-state index contributed by atoms with van der Waals surface area (Å²) >= 11 is 6.15. The predicted octanol–water partition coefficient (Wildman–Crippen LogP) is 3.04. The van der Waals surface area contributed by atoms with Crippen LogP contribution in [0.15, 0.2) is 24.3 Å².